The lowest BCUT2D eigenvalue weighted by molar-refractivity contribution is 0.0793. The smallest absolute Gasteiger partial charge is 0.257 e. The number of nitrogens with zero attached hydrogens (tertiary/aromatic N) is 1. The van der Waals surface area contributed by atoms with Crippen LogP contribution in [0.15, 0.2) is 5.38 Å². The normalized spacial score (nSPS) is 17.4. The molecule has 2 N–H and O–H groups in total. The Bertz CT molecular complexity index is 408. The third-order valence-corrected chi connectivity index (χ3v) is 4.43. The van der Waals surface area contributed by atoms with Gasteiger partial charge in [-0.25, -0.2) is 0 Å². The number of rotatable bonds is 3. The summed E-state index contributed by atoms with van der Waals surface area (Å²) < 4.78 is 0. The molecular weight excluding hydrogens is 232 g/mol. The van der Waals surface area contributed by atoms with Gasteiger partial charge in [-0.15, -0.1) is 11.3 Å². The second-order valence-electron chi connectivity index (χ2n) is 4.74. The van der Waals surface area contributed by atoms with Crippen LogP contribution >= 0.6 is 11.3 Å². The first-order valence-corrected chi connectivity index (χ1v) is 7.19. The highest BCUT2D eigenvalue weighted by Crippen LogP contribution is 2.33. The number of hydrogen-bond donors (Lipinski definition) is 1. The molecule has 17 heavy (non-hydrogen) atoms. The average Bonchev–Trinajstić information content (AvgIpc) is 2.96. The van der Waals surface area contributed by atoms with Gasteiger partial charge in [0.05, 0.1) is 10.6 Å². The first-order valence-electron chi connectivity index (χ1n) is 6.31. The van der Waals surface area contributed by atoms with E-state index < -0.39 is 0 Å². The van der Waals surface area contributed by atoms with Crippen LogP contribution in [0.2, 0.25) is 0 Å². The van der Waals surface area contributed by atoms with Crippen LogP contribution in [-0.2, 0) is 0 Å². The lowest BCUT2D eigenvalue weighted by Gasteiger charge is -2.18. The van der Waals surface area contributed by atoms with Gasteiger partial charge in [0.25, 0.3) is 5.91 Å². The van der Waals surface area contributed by atoms with Crippen LogP contribution in [0, 0.1) is 0 Å². The summed E-state index contributed by atoms with van der Waals surface area (Å²) in [6.45, 7) is 6.06. The maximum atomic E-state index is 12.4. The number of anilines is 1. The Morgan fingerprint density at radius 3 is 2.76 bits per heavy atom. The van der Waals surface area contributed by atoms with E-state index >= 15 is 0 Å². The van der Waals surface area contributed by atoms with E-state index in [1.54, 1.807) is 0 Å². The van der Waals surface area contributed by atoms with Gasteiger partial charge in [-0.1, -0.05) is 13.8 Å². The minimum absolute atomic E-state index is 0.136. The van der Waals surface area contributed by atoms with Gasteiger partial charge in [0, 0.05) is 13.1 Å². The fraction of sp³-hybridized carbons (Fsp3) is 0.615. The molecule has 1 saturated heterocycles. The Balaban J connectivity index is 2.29. The molecule has 0 saturated carbocycles. The number of hydrogen-bond acceptors (Lipinski definition) is 3. The first kappa shape index (κ1) is 12.4. The Labute approximate surface area is 107 Å². The van der Waals surface area contributed by atoms with E-state index in [0.29, 0.717) is 10.9 Å². The zero-order valence-electron chi connectivity index (χ0n) is 10.5. The number of likely N-dealkylation sites (tertiary alicyclic amines) is 1. The summed E-state index contributed by atoms with van der Waals surface area (Å²) in [5.74, 6) is 0.543. The van der Waals surface area contributed by atoms with E-state index in [1.807, 2.05) is 10.3 Å². The van der Waals surface area contributed by atoms with Gasteiger partial charge < -0.3 is 10.6 Å². The van der Waals surface area contributed by atoms with Crippen molar-refractivity contribution in [3.05, 3.63) is 16.5 Å². The largest absolute Gasteiger partial charge is 0.390 e. The van der Waals surface area contributed by atoms with Crippen molar-refractivity contribution < 1.29 is 4.79 Å². The number of carbonyl (C=O) groups excluding carboxylic acids is 1. The summed E-state index contributed by atoms with van der Waals surface area (Å²) in [4.78, 5) is 14.4. The molecule has 1 aromatic rings. The second-order valence-corrected chi connectivity index (χ2v) is 5.65. The number of nitrogen functional groups attached to an aromatic ring is 1. The van der Waals surface area contributed by atoms with Crippen molar-refractivity contribution in [2.24, 2.45) is 0 Å². The zero-order chi connectivity index (χ0) is 12.4. The standard InChI is InChI=1S/C13H20N2OS/c1-3-9(2)10-8-17-12(14)11(10)13(16)15-6-4-5-7-15/h8-9H,3-7,14H2,1-2H3. The molecule has 1 unspecified atom stereocenters. The SMILES string of the molecule is CCC(C)c1csc(N)c1C(=O)N1CCCC1. The van der Waals surface area contributed by atoms with Crippen LogP contribution in [0.3, 0.4) is 0 Å². The van der Waals surface area contributed by atoms with Gasteiger partial charge in [0.1, 0.15) is 0 Å². The minimum atomic E-state index is 0.136. The third kappa shape index (κ3) is 2.32. The van der Waals surface area contributed by atoms with E-state index in [4.69, 9.17) is 5.73 Å². The third-order valence-electron chi connectivity index (χ3n) is 3.60. The quantitative estimate of drug-likeness (QED) is 0.898. The monoisotopic (exact) mass is 252 g/mol. The van der Waals surface area contributed by atoms with Gasteiger partial charge in [0.15, 0.2) is 0 Å². The predicted molar refractivity (Wildman–Crippen MR) is 72.6 cm³/mol. The molecule has 1 aromatic heterocycles. The second kappa shape index (κ2) is 5.08. The summed E-state index contributed by atoms with van der Waals surface area (Å²) in [5.41, 5.74) is 7.87. The van der Waals surface area contributed by atoms with Crippen LogP contribution < -0.4 is 5.73 Å². The fourth-order valence-electron chi connectivity index (χ4n) is 2.28. The minimum Gasteiger partial charge on any atom is -0.390 e. The van der Waals surface area contributed by atoms with Crippen LogP contribution in [0.4, 0.5) is 5.00 Å². The van der Waals surface area contributed by atoms with Crippen LogP contribution in [-0.4, -0.2) is 23.9 Å². The molecule has 0 bridgehead atoms. The summed E-state index contributed by atoms with van der Waals surface area (Å²) >= 11 is 1.49. The molecule has 2 heterocycles. The Morgan fingerprint density at radius 1 is 1.53 bits per heavy atom. The molecule has 94 valence electrons. The molecule has 1 fully saturated rings. The van der Waals surface area contributed by atoms with Crippen molar-refractivity contribution in [3.8, 4) is 0 Å². The first-order chi connectivity index (χ1) is 8.15. The van der Waals surface area contributed by atoms with Gasteiger partial charge in [-0.2, -0.15) is 0 Å². The van der Waals surface area contributed by atoms with Gasteiger partial charge >= 0.3 is 0 Å². The Kier molecular flexibility index (Phi) is 3.72. The van der Waals surface area contributed by atoms with E-state index in [0.717, 1.165) is 43.5 Å². The maximum Gasteiger partial charge on any atom is 0.257 e. The summed E-state index contributed by atoms with van der Waals surface area (Å²) in [6.07, 6.45) is 3.28. The summed E-state index contributed by atoms with van der Waals surface area (Å²) in [6, 6.07) is 0. The Hall–Kier alpha value is -1.03. The molecule has 1 aliphatic rings. The topological polar surface area (TPSA) is 46.3 Å². The molecule has 1 aliphatic heterocycles. The molecular formula is C13H20N2OS. The van der Waals surface area contributed by atoms with E-state index in [1.165, 1.54) is 11.3 Å². The van der Waals surface area contributed by atoms with E-state index in [9.17, 15) is 4.79 Å². The van der Waals surface area contributed by atoms with Crippen molar-refractivity contribution in [1.29, 1.82) is 0 Å². The van der Waals surface area contributed by atoms with Crippen molar-refractivity contribution in [1.82, 2.24) is 4.90 Å². The molecule has 4 heteroatoms. The molecule has 0 spiro atoms. The molecule has 0 aromatic carbocycles. The van der Waals surface area contributed by atoms with E-state index in [2.05, 4.69) is 13.8 Å². The number of carbonyl (C=O) groups is 1. The number of amides is 1. The fourth-order valence-corrected chi connectivity index (χ4v) is 3.20. The van der Waals surface area contributed by atoms with Crippen LogP contribution in [0.25, 0.3) is 0 Å². The number of nitrogens with two attached hydrogens (primary N) is 1. The zero-order valence-corrected chi connectivity index (χ0v) is 11.3. The Morgan fingerprint density at radius 2 is 2.18 bits per heavy atom. The lowest BCUT2D eigenvalue weighted by atomic mass is 9.97. The van der Waals surface area contributed by atoms with Crippen LogP contribution in [0.5, 0.6) is 0 Å². The highest BCUT2D eigenvalue weighted by Gasteiger charge is 2.26. The van der Waals surface area contributed by atoms with E-state index in [-0.39, 0.29) is 5.91 Å². The van der Waals surface area contributed by atoms with Crippen LogP contribution in [0.1, 0.15) is 54.9 Å². The maximum absolute atomic E-state index is 12.4. The van der Waals surface area contributed by atoms with Gasteiger partial charge in [0.2, 0.25) is 0 Å². The van der Waals surface area contributed by atoms with Gasteiger partial charge in [-0.3, -0.25) is 4.79 Å². The highest BCUT2D eigenvalue weighted by molar-refractivity contribution is 7.14. The van der Waals surface area contributed by atoms with Gasteiger partial charge in [-0.05, 0) is 36.1 Å². The molecule has 0 aliphatic carbocycles. The average molecular weight is 252 g/mol. The molecule has 2 rings (SSSR count). The van der Waals surface area contributed by atoms with Crippen molar-refractivity contribution in [3.63, 3.8) is 0 Å². The molecule has 1 atom stereocenters. The molecule has 0 radical (unpaired) electrons. The number of thiophene rings is 1. The molecule has 1 amide bonds. The highest BCUT2D eigenvalue weighted by atomic mass is 32.1. The van der Waals surface area contributed by atoms with Crippen molar-refractivity contribution >= 4 is 22.2 Å². The predicted octanol–water partition coefficient (Wildman–Crippen LogP) is 3.08. The lowest BCUT2D eigenvalue weighted by Crippen LogP contribution is -2.28. The summed E-state index contributed by atoms with van der Waals surface area (Å²) in [5, 5.41) is 2.73. The van der Waals surface area contributed by atoms with Crippen molar-refractivity contribution in [2.75, 3.05) is 18.8 Å². The summed E-state index contributed by atoms with van der Waals surface area (Å²) in [7, 11) is 0. The molecule has 3 nitrogen and oxygen atoms in total. The van der Waals surface area contributed by atoms with Crippen molar-refractivity contribution in [2.45, 2.75) is 39.0 Å².